The molecule has 1 aromatic carbocycles. The summed E-state index contributed by atoms with van der Waals surface area (Å²) in [6, 6.07) is 6.79. The van der Waals surface area contributed by atoms with Crippen molar-refractivity contribution in [3.63, 3.8) is 0 Å². The largest absolute Gasteiger partial charge is 0.458 e. The lowest BCUT2D eigenvalue weighted by Gasteiger charge is -2.13. The van der Waals surface area contributed by atoms with Gasteiger partial charge < -0.3 is 10.2 Å². The van der Waals surface area contributed by atoms with E-state index in [2.05, 4.69) is 0 Å². The van der Waals surface area contributed by atoms with E-state index in [0.29, 0.717) is 10.6 Å². The van der Waals surface area contributed by atoms with E-state index in [1.807, 2.05) is 0 Å². The van der Waals surface area contributed by atoms with Gasteiger partial charge in [-0.15, -0.1) is 0 Å². The van der Waals surface area contributed by atoms with Crippen LogP contribution >= 0.6 is 11.6 Å². The highest BCUT2D eigenvalue weighted by molar-refractivity contribution is 6.31. The molecule has 1 unspecified atom stereocenters. The Bertz CT molecular complexity index is 492. The molecule has 4 heteroatoms. The molecule has 1 atom stereocenters. The normalized spacial score (nSPS) is 15.5. The number of alkyl halides is 1. The van der Waals surface area contributed by atoms with Crippen molar-refractivity contribution in [2.45, 2.75) is 12.6 Å². The van der Waals surface area contributed by atoms with Crippen LogP contribution in [0, 0.1) is 0 Å². The number of rotatable bonds is 2. The molecule has 1 aromatic heterocycles. The monoisotopic (exact) mass is 227 g/mol. The second-order valence-electron chi connectivity index (χ2n) is 3.69. The summed E-state index contributed by atoms with van der Waals surface area (Å²) < 4.78 is 19.2. The average Bonchev–Trinajstić information content (AvgIpc) is 2.61. The molecule has 0 saturated heterocycles. The molecule has 0 amide bonds. The van der Waals surface area contributed by atoms with E-state index in [-0.39, 0.29) is 12.3 Å². The quantitative estimate of drug-likeness (QED) is 0.856. The van der Waals surface area contributed by atoms with Crippen LogP contribution < -0.4 is 5.73 Å². The summed E-state index contributed by atoms with van der Waals surface area (Å²) in [7, 11) is 0. The topological polar surface area (TPSA) is 39.2 Å². The van der Waals surface area contributed by atoms with Crippen molar-refractivity contribution in [1.82, 2.24) is 0 Å². The van der Waals surface area contributed by atoms with E-state index in [1.165, 1.54) is 6.92 Å². The van der Waals surface area contributed by atoms with Gasteiger partial charge in [0.1, 0.15) is 11.3 Å². The van der Waals surface area contributed by atoms with Gasteiger partial charge >= 0.3 is 0 Å². The zero-order valence-corrected chi connectivity index (χ0v) is 9.01. The Morgan fingerprint density at radius 3 is 2.87 bits per heavy atom. The lowest BCUT2D eigenvalue weighted by atomic mass is 10.1. The predicted octanol–water partition coefficient (Wildman–Crippen LogP) is 3.23. The lowest BCUT2D eigenvalue weighted by Crippen LogP contribution is -2.25. The third-order valence-electron chi connectivity index (χ3n) is 2.38. The fourth-order valence-electron chi connectivity index (χ4n) is 1.37. The van der Waals surface area contributed by atoms with Crippen molar-refractivity contribution < 1.29 is 8.81 Å². The van der Waals surface area contributed by atoms with Crippen LogP contribution in [-0.2, 0) is 5.67 Å². The number of fused-ring (bicyclic) bond motifs is 1. The molecule has 2 aromatic rings. The Morgan fingerprint density at radius 2 is 2.20 bits per heavy atom. The molecule has 0 aliphatic heterocycles. The SMILES string of the molecule is CC(F)(CN)c1cc2cc(Cl)ccc2o1. The molecule has 2 rings (SSSR count). The second kappa shape index (κ2) is 3.51. The van der Waals surface area contributed by atoms with Crippen molar-refractivity contribution in [1.29, 1.82) is 0 Å². The zero-order chi connectivity index (χ0) is 11.1. The maximum absolute atomic E-state index is 13.8. The first kappa shape index (κ1) is 10.5. The first-order chi connectivity index (χ1) is 7.03. The Balaban J connectivity index is 2.56. The molecule has 0 bridgehead atoms. The summed E-state index contributed by atoms with van der Waals surface area (Å²) in [6.45, 7) is 1.28. The van der Waals surface area contributed by atoms with Crippen LogP contribution in [0.4, 0.5) is 4.39 Å². The van der Waals surface area contributed by atoms with E-state index < -0.39 is 5.67 Å². The molecule has 0 spiro atoms. The molecule has 0 radical (unpaired) electrons. The van der Waals surface area contributed by atoms with E-state index in [0.717, 1.165) is 5.39 Å². The van der Waals surface area contributed by atoms with Crippen LogP contribution in [0.2, 0.25) is 5.02 Å². The summed E-state index contributed by atoms with van der Waals surface area (Å²) in [6.07, 6.45) is 0. The minimum Gasteiger partial charge on any atom is -0.458 e. The highest BCUT2D eigenvalue weighted by atomic mass is 35.5. The smallest absolute Gasteiger partial charge is 0.177 e. The highest BCUT2D eigenvalue weighted by Crippen LogP contribution is 2.31. The van der Waals surface area contributed by atoms with E-state index in [4.69, 9.17) is 21.8 Å². The zero-order valence-electron chi connectivity index (χ0n) is 8.26. The first-order valence-electron chi connectivity index (χ1n) is 4.61. The van der Waals surface area contributed by atoms with Gasteiger partial charge in [0.05, 0.1) is 0 Å². The van der Waals surface area contributed by atoms with Crippen molar-refractivity contribution in [2.75, 3.05) is 6.54 Å². The molecule has 15 heavy (non-hydrogen) atoms. The molecular formula is C11H11ClFNO. The lowest BCUT2D eigenvalue weighted by molar-refractivity contribution is 0.167. The van der Waals surface area contributed by atoms with Gasteiger partial charge in [0.15, 0.2) is 5.67 Å². The first-order valence-corrected chi connectivity index (χ1v) is 4.99. The molecule has 2 N–H and O–H groups in total. The van der Waals surface area contributed by atoms with Gasteiger partial charge in [-0.05, 0) is 31.2 Å². The van der Waals surface area contributed by atoms with Crippen molar-refractivity contribution in [3.05, 3.63) is 35.0 Å². The molecule has 80 valence electrons. The minimum atomic E-state index is -1.63. The summed E-state index contributed by atoms with van der Waals surface area (Å²) in [5, 5.41) is 1.39. The third-order valence-corrected chi connectivity index (χ3v) is 2.61. The van der Waals surface area contributed by atoms with Crippen LogP contribution in [0.3, 0.4) is 0 Å². The Kier molecular flexibility index (Phi) is 2.44. The van der Waals surface area contributed by atoms with Crippen molar-refractivity contribution in [2.24, 2.45) is 5.73 Å². The van der Waals surface area contributed by atoms with Gasteiger partial charge in [0.25, 0.3) is 0 Å². The fourth-order valence-corrected chi connectivity index (χ4v) is 1.55. The van der Waals surface area contributed by atoms with Crippen LogP contribution in [0.25, 0.3) is 11.0 Å². The standard InChI is InChI=1S/C11H11ClFNO/c1-11(13,6-14)10-5-7-4-8(12)2-3-9(7)15-10/h2-5H,6,14H2,1H3. The number of hydrogen-bond acceptors (Lipinski definition) is 2. The van der Waals surface area contributed by atoms with Gasteiger partial charge in [0, 0.05) is 17.0 Å². The predicted molar refractivity (Wildman–Crippen MR) is 58.7 cm³/mol. The summed E-state index contributed by atoms with van der Waals surface area (Å²) in [5.74, 6) is 0.238. The van der Waals surface area contributed by atoms with Gasteiger partial charge in [0.2, 0.25) is 0 Å². The molecular weight excluding hydrogens is 217 g/mol. The summed E-state index contributed by atoms with van der Waals surface area (Å²) in [4.78, 5) is 0. The molecule has 0 aliphatic rings. The van der Waals surface area contributed by atoms with Crippen LogP contribution in [0.1, 0.15) is 12.7 Å². The highest BCUT2D eigenvalue weighted by Gasteiger charge is 2.28. The van der Waals surface area contributed by atoms with Crippen LogP contribution in [-0.4, -0.2) is 6.54 Å². The minimum absolute atomic E-state index is 0.111. The number of hydrogen-bond donors (Lipinski definition) is 1. The van der Waals surface area contributed by atoms with Gasteiger partial charge in [-0.3, -0.25) is 0 Å². The summed E-state index contributed by atoms with van der Waals surface area (Å²) in [5.41, 5.74) is 4.31. The average molecular weight is 228 g/mol. The molecule has 2 nitrogen and oxygen atoms in total. The third kappa shape index (κ3) is 1.85. The second-order valence-corrected chi connectivity index (χ2v) is 4.13. The Morgan fingerprint density at radius 1 is 1.47 bits per heavy atom. The maximum atomic E-state index is 13.8. The fraction of sp³-hybridized carbons (Fsp3) is 0.273. The van der Waals surface area contributed by atoms with Gasteiger partial charge in [-0.1, -0.05) is 11.6 Å². The maximum Gasteiger partial charge on any atom is 0.177 e. The summed E-state index contributed by atoms with van der Waals surface area (Å²) >= 11 is 5.82. The van der Waals surface area contributed by atoms with Gasteiger partial charge in [-0.2, -0.15) is 0 Å². The van der Waals surface area contributed by atoms with Crippen molar-refractivity contribution in [3.8, 4) is 0 Å². The Labute approximate surface area is 91.8 Å². The Hall–Kier alpha value is -1.06. The number of benzene rings is 1. The van der Waals surface area contributed by atoms with Crippen LogP contribution in [0.5, 0.6) is 0 Å². The van der Waals surface area contributed by atoms with E-state index >= 15 is 0 Å². The number of furan rings is 1. The molecule has 0 fully saturated rings. The van der Waals surface area contributed by atoms with E-state index in [1.54, 1.807) is 24.3 Å². The molecule has 1 heterocycles. The van der Waals surface area contributed by atoms with Gasteiger partial charge in [-0.25, -0.2) is 4.39 Å². The number of halogens is 2. The molecule has 0 aliphatic carbocycles. The van der Waals surface area contributed by atoms with Crippen molar-refractivity contribution >= 4 is 22.6 Å². The van der Waals surface area contributed by atoms with E-state index in [9.17, 15) is 4.39 Å². The van der Waals surface area contributed by atoms with Crippen LogP contribution in [0.15, 0.2) is 28.7 Å². The molecule has 0 saturated carbocycles. The number of nitrogens with two attached hydrogens (primary N) is 1.